The van der Waals surface area contributed by atoms with Crippen molar-refractivity contribution in [2.24, 2.45) is 0 Å². The summed E-state index contributed by atoms with van der Waals surface area (Å²) in [6, 6.07) is 18.4. The van der Waals surface area contributed by atoms with Gasteiger partial charge in [-0.1, -0.05) is 6.92 Å². The quantitative estimate of drug-likeness (QED) is 0.469. The van der Waals surface area contributed by atoms with E-state index in [1.54, 1.807) is 36.2 Å². The van der Waals surface area contributed by atoms with E-state index < -0.39 is 0 Å². The van der Waals surface area contributed by atoms with E-state index in [0.29, 0.717) is 23.4 Å². The summed E-state index contributed by atoms with van der Waals surface area (Å²) in [5.41, 5.74) is 4.44. The highest BCUT2D eigenvalue weighted by atomic mass is 16.5. The van der Waals surface area contributed by atoms with Crippen LogP contribution in [-0.2, 0) is 0 Å². The van der Waals surface area contributed by atoms with E-state index in [9.17, 15) is 4.79 Å². The molecule has 0 fully saturated rings. The van der Waals surface area contributed by atoms with Crippen LogP contribution in [0, 0.1) is 6.92 Å². The van der Waals surface area contributed by atoms with Crippen molar-refractivity contribution in [1.29, 1.82) is 0 Å². The van der Waals surface area contributed by atoms with Crippen LogP contribution in [0.3, 0.4) is 0 Å². The maximum atomic E-state index is 12.7. The predicted octanol–water partition coefficient (Wildman–Crippen LogP) is 4.78. The number of rotatable bonds is 7. The number of nitrogens with zero attached hydrogens (tertiary/aromatic N) is 3. The Morgan fingerprint density at radius 3 is 2.26 bits per heavy atom. The highest BCUT2D eigenvalue weighted by Gasteiger charge is 2.12. The summed E-state index contributed by atoms with van der Waals surface area (Å²) in [5, 5.41) is 12.1. The standard InChI is InChI=1S/C24H24N4O3/c1-4-13-31-20-9-5-17(6-10-20)24(29)25-21-15-23-22(14-16(21)2)26-28(27-23)18-7-11-19(30-3)12-8-18/h5-12,14-15H,4,13H2,1-3H3,(H,25,29). The third kappa shape index (κ3) is 4.50. The first-order valence-electron chi connectivity index (χ1n) is 10.1. The van der Waals surface area contributed by atoms with E-state index in [1.807, 2.05) is 43.3 Å². The molecule has 0 bridgehead atoms. The Morgan fingerprint density at radius 1 is 0.968 bits per heavy atom. The van der Waals surface area contributed by atoms with Crippen LogP contribution >= 0.6 is 0 Å². The molecule has 0 radical (unpaired) electrons. The van der Waals surface area contributed by atoms with Gasteiger partial charge >= 0.3 is 0 Å². The lowest BCUT2D eigenvalue weighted by Gasteiger charge is -2.09. The van der Waals surface area contributed by atoms with Gasteiger partial charge in [0, 0.05) is 11.3 Å². The van der Waals surface area contributed by atoms with E-state index in [-0.39, 0.29) is 5.91 Å². The van der Waals surface area contributed by atoms with Crippen LogP contribution in [0.1, 0.15) is 29.3 Å². The highest BCUT2D eigenvalue weighted by Crippen LogP contribution is 2.24. The lowest BCUT2D eigenvalue weighted by Crippen LogP contribution is -2.12. The summed E-state index contributed by atoms with van der Waals surface area (Å²) in [4.78, 5) is 14.3. The van der Waals surface area contributed by atoms with Gasteiger partial charge in [-0.15, -0.1) is 10.2 Å². The van der Waals surface area contributed by atoms with Crippen LogP contribution < -0.4 is 14.8 Å². The Kier molecular flexibility index (Phi) is 5.84. The van der Waals surface area contributed by atoms with E-state index in [1.165, 1.54) is 0 Å². The molecule has 0 saturated heterocycles. The topological polar surface area (TPSA) is 78.3 Å². The zero-order valence-corrected chi connectivity index (χ0v) is 17.8. The molecule has 31 heavy (non-hydrogen) atoms. The summed E-state index contributed by atoms with van der Waals surface area (Å²) in [7, 11) is 1.63. The van der Waals surface area contributed by atoms with Gasteiger partial charge < -0.3 is 14.8 Å². The van der Waals surface area contributed by atoms with Crippen LogP contribution in [0.25, 0.3) is 16.7 Å². The molecule has 4 aromatic rings. The van der Waals surface area contributed by atoms with Gasteiger partial charge in [0.25, 0.3) is 5.91 Å². The predicted molar refractivity (Wildman–Crippen MR) is 120 cm³/mol. The summed E-state index contributed by atoms with van der Waals surface area (Å²) in [6.07, 6.45) is 0.938. The van der Waals surface area contributed by atoms with Gasteiger partial charge in [0.2, 0.25) is 0 Å². The Bertz CT molecular complexity index is 1200. The number of hydrogen-bond acceptors (Lipinski definition) is 5. The van der Waals surface area contributed by atoms with Gasteiger partial charge in [0.1, 0.15) is 22.5 Å². The average Bonchev–Trinajstić information content (AvgIpc) is 3.21. The first-order chi connectivity index (χ1) is 15.1. The Hall–Kier alpha value is -3.87. The van der Waals surface area contributed by atoms with Gasteiger partial charge in [-0.3, -0.25) is 4.79 Å². The van der Waals surface area contributed by atoms with E-state index in [4.69, 9.17) is 9.47 Å². The van der Waals surface area contributed by atoms with Crippen molar-refractivity contribution < 1.29 is 14.3 Å². The van der Waals surface area contributed by atoms with Crippen molar-refractivity contribution in [3.63, 3.8) is 0 Å². The summed E-state index contributed by atoms with van der Waals surface area (Å²) in [6.45, 7) is 4.64. The van der Waals surface area contributed by atoms with Gasteiger partial charge in [-0.2, -0.15) is 4.80 Å². The number of carbonyl (C=O) groups excluding carboxylic acids is 1. The molecule has 0 aliphatic carbocycles. The zero-order valence-electron chi connectivity index (χ0n) is 17.8. The van der Waals surface area contributed by atoms with E-state index in [2.05, 4.69) is 22.4 Å². The second kappa shape index (κ2) is 8.87. The third-order valence-electron chi connectivity index (χ3n) is 4.87. The molecule has 1 N–H and O–H groups in total. The minimum Gasteiger partial charge on any atom is -0.497 e. The second-order valence-corrected chi connectivity index (χ2v) is 7.17. The van der Waals surface area contributed by atoms with Crippen LogP contribution in [0.5, 0.6) is 11.5 Å². The molecule has 1 heterocycles. The average molecular weight is 416 g/mol. The van der Waals surface area contributed by atoms with Gasteiger partial charge in [0.15, 0.2) is 0 Å². The summed E-state index contributed by atoms with van der Waals surface area (Å²) >= 11 is 0. The number of nitrogens with one attached hydrogen (secondary N) is 1. The van der Waals surface area contributed by atoms with E-state index in [0.717, 1.165) is 34.7 Å². The molecule has 1 amide bonds. The number of carbonyl (C=O) groups is 1. The molecule has 0 saturated carbocycles. The molecule has 0 atom stereocenters. The van der Waals surface area contributed by atoms with Crippen molar-refractivity contribution in [3.8, 4) is 17.2 Å². The minimum atomic E-state index is -0.188. The smallest absolute Gasteiger partial charge is 0.255 e. The highest BCUT2D eigenvalue weighted by molar-refractivity contribution is 6.05. The number of aromatic nitrogens is 3. The maximum Gasteiger partial charge on any atom is 0.255 e. The van der Waals surface area contributed by atoms with Crippen LogP contribution in [0.4, 0.5) is 5.69 Å². The number of hydrogen-bond donors (Lipinski definition) is 1. The van der Waals surface area contributed by atoms with Crippen molar-refractivity contribution in [2.75, 3.05) is 19.0 Å². The monoisotopic (exact) mass is 416 g/mol. The van der Waals surface area contributed by atoms with Gasteiger partial charge in [-0.25, -0.2) is 0 Å². The molecule has 7 nitrogen and oxygen atoms in total. The van der Waals surface area contributed by atoms with Crippen LogP contribution in [0.2, 0.25) is 0 Å². The minimum absolute atomic E-state index is 0.188. The van der Waals surface area contributed by atoms with Crippen LogP contribution in [-0.4, -0.2) is 34.6 Å². The second-order valence-electron chi connectivity index (χ2n) is 7.17. The number of methoxy groups -OCH3 is 1. The Labute approximate surface area is 180 Å². The number of amides is 1. The third-order valence-corrected chi connectivity index (χ3v) is 4.87. The van der Waals surface area contributed by atoms with Crippen molar-refractivity contribution in [1.82, 2.24) is 15.0 Å². The maximum absolute atomic E-state index is 12.7. The molecule has 0 unspecified atom stereocenters. The summed E-state index contributed by atoms with van der Waals surface area (Å²) in [5.74, 6) is 1.34. The SMILES string of the molecule is CCCOc1ccc(C(=O)Nc2cc3nn(-c4ccc(OC)cc4)nc3cc2C)cc1. The largest absolute Gasteiger partial charge is 0.497 e. The molecule has 4 rings (SSSR count). The molecule has 158 valence electrons. The van der Waals surface area contributed by atoms with Crippen molar-refractivity contribution >= 4 is 22.6 Å². The molecular formula is C24H24N4O3. The van der Waals surface area contributed by atoms with Gasteiger partial charge in [-0.05, 0) is 79.6 Å². The molecule has 3 aromatic carbocycles. The first-order valence-corrected chi connectivity index (χ1v) is 10.1. The summed E-state index contributed by atoms with van der Waals surface area (Å²) < 4.78 is 10.8. The molecule has 7 heteroatoms. The lowest BCUT2D eigenvalue weighted by atomic mass is 10.1. The fourth-order valence-corrected chi connectivity index (χ4v) is 3.15. The van der Waals surface area contributed by atoms with Crippen LogP contribution in [0.15, 0.2) is 60.7 Å². The van der Waals surface area contributed by atoms with Crippen molar-refractivity contribution in [2.45, 2.75) is 20.3 Å². The normalized spacial score (nSPS) is 10.8. The fourth-order valence-electron chi connectivity index (χ4n) is 3.15. The zero-order chi connectivity index (χ0) is 21.8. The number of aryl methyl sites for hydroxylation is 1. The molecular weight excluding hydrogens is 392 g/mol. The Balaban J connectivity index is 1.54. The molecule has 0 aliphatic rings. The molecule has 0 aliphatic heterocycles. The number of anilines is 1. The lowest BCUT2D eigenvalue weighted by molar-refractivity contribution is 0.102. The molecule has 1 aromatic heterocycles. The number of benzene rings is 3. The first kappa shape index (κ1) is 20.4. The molecule has 0 spiro atoms. The number of ether oxygens (including phenoxy) is 2. The van der Waals surface area contributed by atoms with Gasteiger partial charge in [0.05, 0.1) is 19.4 Å². The fraction of sp³-hybridized carbons (Fsp3) is 0.208. The Morgan fingerprint density at radius 2 is 1.61 bits per heavy atom. The van der Waals surface area contributed by atoms with E-state index >= 15 is 0 Å². The van der Waals surface area contributed by atoms with Crippen molar-refractivity contribution in [3.05, 3.63) is 71.8 Å². The number of fused-ring (bicyclic) bond motifs is 1.